The number of benzene rings is 2. The Morgan fingerprint density at radius 3 is 2.52 bits per heavy atom. The van der Waals surface area contributed by atoms with Gasteiger partial charge in [-0.3, -0.25) is 0 Å². The summed E-state index contributed by atoms with van der Waals surface area (Å²) in [6.07, 6.45) is 3.31. The quantitative estimate of drug-likeness (QED) is 0.667. The van der Waals surface area contributed by atoms with Crippen LogP contribution < -0.4 is 14.8 Å². The molecule has 0 heterocycles. The lowest BCUT2D eigenvalue weighted by atomic mass is 10.1. The molecule has 0 saturated heterocycles. The zero-order chi connectivity index (χ0) is 16.3. The Morgan fingerprint density at radius 1 is 0.957 bits per heavy atom. The van der Waals surface area contributed by atoms with Gasteiger partial charge in [0, 0.05) is 13.0 Å². The van der Waals surface area contributed by atoms with Crippen LogP contribution in [-0.2, 0) is 13.0 Å². The number of rotatable bonds is 10. The van der Waals surface area contributed by atoms with Crippen LogP contribution >= 0.6 is 0 Å². The van der Waals surface area contributed by atoms with E-state index < -0.39 is 0 Å². The van der Waals surface area contributed by atoms with Crippen molar-refractivity contribution in [1.29, 1.82) is 0 Å². The van der Waals surface area contributed by atoms with Crippen LogP contribution in [0.2, 0.25) is 0 Å². The van der Waals surface area contributed by atoms with Gasteiger partial charge in [-0.1, -0.05) is 49.7 Å². The lowest BCUT2D eigenvalue weighted by molar-refractivity contribution is 0.297. The molecule has 0 aliphatic rings. The van der Waals surface area contributed by atoms with Gasteiger partial charge in [0.05, 0.1) is 13.7 Å². The van der Waals surface area contributed by atoms with Gasteiger partial charge >= 0.3 is 0 Å². The second-order valence-electron chi connectivity index (χ2n) is 5.60. The molecule has 0 aliphatic heterocycles. The summed E-state index contributed by atoms with van der Waals surface area (Å²) in [7, 11) is 1.69. The lowest BCUT2D eigenvalue weighted by Crippen LogP contribution is -2.14. The lowest BCUT2D eigenvalue weighted by Gasteiger charge is -2.13. The van der Waals surface area contributed by atoms with Crippen LogP contribution in [-0.4, -0.2) is 20.3 Å². The largest absolute Gasteiger partial charge is 0.493 e. The fourth-order valence-electron chi connectivity index (χ4n) is 2.40. The van der Waals surface area contributed by atoms with Crippen molar-refractivity contribution in [3.63, 3.8) is 0 Å². The normalized spacial score (nSPS) is 10.5. The molecule has 2 aromatic carbocycles. The second-order valence-corrected chi connectivity index (χ2v) is 5.60. The molecule has 0 bridgehead atoms. The first kappa shape index (κ1) is 17.4. The van der Waals surface area contributed by atoms with Crippen LogP contribution in [0.4, 0.5) is 0 Å². The third-order valence-corrected chi connectivity index (χ3v) is 3.76. The van der Waals surface area contributed by atoms with Crippen molar-refractivity contribution < 1.29 is 9.47 Å². The molecule has 0 aliphatic carbocycles. The minimum Gasteiger partial charge on any atom is -0.493 e. The number of hydrogen-bond acceptors (Lipinski definition) is 3. The summed E-state index contributed by atoms with van der Waals surface area (Å²) >= 11 is 0. The molecule has 0 amide bonds. The van der Waals surface area contributed by atoms with Crippen LogP contribution in [0, 0.1) is 0 Å². The first-order chi connectivity index (χ1) is 11.3. The van der Waals surface area contributed by atoms with Crippen LogP contribution in [0.25, 0.3) is 0 Å². The maximum Gasteiger partial charge on any atom is 0.161 e. The molecule has 0 unspecified atom stereocenters. The third kappa shape index (κ3) is 5.95. The third-order valence-electron chi connectivity index (χ3n) is 3.76. The number of nitrogens with one attached hydrogen (secondary N) is 1. The van der Waals surface area contributed by atoms with E-state index in [1.165, 1.54) is 24.0 Å². The Balaban J connectivity index is 1.86. The van der Waals surface area contributed by atoms with Gasteiger partial charge in [-0.15, -0.1) is 0 Å². The molecule has 0 spiro atoms. The van der Waals surface area contributed by atoms with E-state index in [1.807, 2.05) is 12.1 Å². The number of unbranched alkanes of at least 4 members (excludes halogenated alkanes) is 1. The highest BCUT2D eigenvalue weighted by Crippen LogP contribution is 2.28. The van der Waals surface area contributed by atoms with E-state index in [4.69, 9.17) is 9.47 Å². The zero-order valence-electron chi connectivity index (χ0n) is 14.2. The van der Waals surface area contributed by atoms with Gasteiger partial charge in [-0.05, 0) is 36.2 Å². The molecule has 0 atom stereocenters. The van der Waals surface area contributed by atoms with Gasteiger partial charge in [0.25, 0.3) is 0 Å². The maximum absolute atomic E-state index is 5.88. The number of methoxy groups -OCH3 is 1. The standard InChI is InChI=1S/C20H27NO2/c1-3-4-13-21-16-18-10-11-19(20(15-18)22-2)23-14-12-17-8-6-5-7-9-17/h5-11,15,21H,3-4,12-14,16H2,1-2H3. The van der Waals surface area contributed by atoms with E-state index in [9.17, 15) is 0 Å². The van der Waals surface area contributed by atoms with Gasteiger partial charge in [0.2, 0.25) is 0 Å². The van der Waals surface area contributed by atoms with Gasteiger partial charge in [-0.2, -0.15) is 0 Å². The van der Waals surface area contributed by atoms with E-state index in [2.05, 4.69) is 48.6 Å². The Labute approximate surface area is 139 Å². The number of ether oxygens (including phenoxy) is 2. The molecule has 0 aromatic heterocycles. The first-order valence-corrected chi connectivity index (χ1v) is 8.38. The second kappa shape index (κ2) is 9.90. The van der Waals surface area contributed by atoms with Crippen molar-refractivity contribution in [1.82, 2.24) is 5.32 Å². The van der Waals surface area contributed by atoms with Crippen molar-refractivity contribution >= 4 is 0 Å². The molecule has 2 rings (SSSR count). The fourth-order valence-corrected chi connectivity index (χ4v) is 2.40. The Hall–Kier alpha value is -2.00. The highest BCUT2D eigenvalue weighted by molar-refractivity contribution is 5.43. The summed E-state index contributed by atoms with van der Waals surface area (Å²) in [6, 6.07) is 16.5. The van der Waals surface area contributed by atoms with Gasteiger partial charge in [-0.25, -0.2) is 0 Å². The Bertz CT molecular complexity index is 569. The minimum atomic E-state index is 0.647. The highest BCUT2D eigenvalue weighted by atomic mass is 16.5. The summed E-state index contributed by atoms with van der Waals surface area (Å²) in [6.45, 7) is 4.76. The first-order valence-electron chi connectivity index (χ1n) is 8.38. The van der Waals surface area contributed by atoms with Crippen molar-refractivity contribution in [3.05, 3.63) is 59.7 Å². The molecular weight excluding hydrogens is 286 g/mol. The van der Waals surface area contributed by atoms with Gasteiger partial charge in [0.1, 0.15) is 0 Å². The summed E-state index contributed by atoms with van der Waals surface area (Å²) in [4.78, 5) is 0. The van der Waals surface area contributed by atoms with Crippen molar-refractivity contribution in [2.24, 2.45) is 0 Å². The monoisotopic (exact) mass is 313 g/mol. The SMILES string of the molecule is CCCCNCc1ccc(OCCc2ccccc2)c(OC)c1. The minimum absolute atomic E-state index is 0.647. The Kier molecular flexibility index (Phi) is 7.47. The molecule has 0 radical (unpaired) electrons. The van der Waals surface area contributed by atoms with Crippen LogP contribution in [0.5, 0.6) is 11.5 Å². The molecule has 3 nitrogen and oxygen atoms in total. The molecule has 0 fully saturated rings. The van der Waals surface area contributed by atoms with E-state index in [0.29, 0.717) is 6.61 Å². The van der Waals surface area contributed by atoms with Crippen LogP contribution in [0.1, 0.15) is 30.9 Å². The van der Waals surface area contributed by atoms with Crippen molar-refractivity contribution in [2.45, 2.75) is 32.7 Å². The molecule has 3 heteroatoms. The smallest absolute Gasteiger partial charge is 0.161 e. The van der Waals surface area contributed by atoms with E-state index in [1.54, 1.807) is 7.11 Å². The average Bonchev–Trinajstić information content (AvgIpc) is 2.60. The maximum atomic E-state index is 5.88. The molecule has 0 saturated carbocycles. The Morgan fingerprint density at radius 2 is 1.78 bits per heavy atom. The van der Waals surface area contributed by atoms with E-state index >= 15 is 0 Å². The summed E-state index contributed by atoms with van der Waals surface area (Å²) < 4.78 is 11.3. The molecule has 2 aromatic rings. The molecule has 124 valence electrons. The van der Waals surface area contributed by atoms with Crippen LogP contribution in [0.15, 0.2) is 48.5 Å². The summed E-state index contributed by atoms with van der Waals surface area (Å²) in [5.41, 5.74) is 2.50. The summed E-state index contributed by atoms with van der Waals surface area (Å²) in [5, 5.41) is 3.44. The van der Waals surface area contributed by atoms with Crippen molar-refractivity contribution in [2.75, 3.05) is 20.3 Å². The highest BCUT2D eigenvalue weighted by Gasteiger charge is 2.06. The van der Waals surface area contributed by atoms with Gasteiger partial charge < -0.3 is 14.8 Å². The molecular formula is C20H27NO2. The predicted octanol–water partition coefficient (Wildman–Crippen LogP) is 4.21. The number of hydrogen-bond donors (Lipinski definition) is 1. The summed E-state index contributed by atoms with van der Waals surface area (Å²) in [5.74, 6) is 1.61. The average molecular weight is 313 g/mol. The zero-order valence-corrected chi connectivity index (χ0v) is 14.2. The molecule has 23 heavy (non-hydrogen) atoms. The topological polar surface area (TPSA) is 30.5 Å². The molecule has 1 N–H and O–H groups in total. The van der Waals surface area contributed by atoms with Crippen molar-refractivity contribution in [3.8, 4) is 11.5 Å². The van der Waals surface area contributed by atoms with E-state index in [0.717, 1.165) is 31.0 Å². The fraction of sp³-hybridized carbons (Fsp3) is 0.400. The van der Waals surface area contributed by atoms with Crippen LogP contribution in [0.3, 0.4) is 0 Å². The van der Waals surface area contributed by atoms with Gasteiger partial charge in [0.15, 0.2) is 11.5 Å². The predicted molar refractivity (Wildman–Crippen MR) is 95.2 cm³/mol. The van der Waals surface area contributed by atoms with E-state index in [-0.39, 0.29) is 0 Å².